The smallest absolute Gasteiger partial charge is 0.169 e. The number of nitroso groups, excluding NO2 is 2. The molecule has 9 heteroatoms. The Morgan fingerprint density at radius 1 is 1.32 bits per heavy atom. The molecule has 3 rings (SSSR count). The number of nitrogens with zero attached hydrogens (tertiary/aromatic N) is 7. The van der Waals surface area contributed by atoms with Gasteiger partial charge in [0.2, 0.25) is 0 Å². The molecule has 3 heterocycles. The zero-order valence-corrected chi connectivity index (χ0v) is 12.5. The number of hydrogen-bond donors (Lipinski definition) is 0. The number of anilines is 1. The van der Waals surface area contributed by atoms with E-state index in [-0.39, 0.29) is 6.04 Å². The fourth-order valence-corrected chi connectivity index (χ4v) is 3.04. The van der Waals surface area contributed by atoms with E-state index in [4.69, 9.17) is 0 Å². The average molecular weight is 303 g/mol. The minimum atomic E-state index is 0.108. The molecule has 1 aliphatic heterocycles. The lowest BCUT2D eigenvalue weighted by Crippen LogP contribution is -2.49. The summed E-state index contributed by atoms with van der Waals surface area (Å²) >= 11 is 0. The van der Waals surface area contributed by atoms with Crippen LogP contribution in [0.4, 0.5) is 5.82 Å². The van der Waals surface area contributed by atoms with Gasteiger partial charge in [-0.3, -0.25) is 5.01 Å². The third-order valence-electron chi connectivity index (χ3n) is 4.37. The molecule has 22 heavy (non-hydrogen) atoms. The van der Waals surface area contributed by atoms with E-state index >= 15 is 0 Å². The van der Waals surface area contributed by atoms with E-state index in [1.54, 1.807) is 12.3 Å². The van der Waals surface area contributed by atoms with Crippen LogP contribution in [0.15, 0.2) is 29.2 Å². The summed E-state index contributed by atoms with van der Waals surface area (Å²) in [7, 11) is 1.93. The van der Waals surface area contributed by atoms with Crippen molar-refractivity contribution in [1.29, 1.82) is 0 Å². The number of hydrogen-bond acceptors (Lipinski definition) is 7. The summed E-state index contributed by atoms with van der Waals surface area (Å²) in [5.74, 6) is 1.12. The Labute approximate surface area is 126 Å². The van der Waals surface area contributed by atoms with Crippen LogP contribution in [0.2, 0.25) is 0 Å². The topological polar surface area (TPSA) is 96.1 Å². The molecular weight excluding hydrogens is 286 g/mol. The zero-order chi connectivity index (χ0) is 15.7. The lowest BCUT2D eigenvalue weighted by molar-refractivity contribution is 0.169. The third kappa shape index (κ3) is 2.28. The van der Waals surface area contributed by atoms with Crippen molar-refractivity contribution in [3.63, 3.8) is 0 Å². The van der Waals surface area contributed by atoms with Crippen LogP contribution in [0.1, 0.15) is 13.3 Å². The molecule has 2 atom stereocenters. The number of fused-ring (bicyclic) bond motifs is 1. The van der Waals surface area contributed by atoms with Crippen molar-refractivity contribution in [3.8, 4) is 0 Å². The SMILES string of the molecule is C[C@H]1CCN(N=O)C[C@H]1N(C)c1ncnc2c1ccn2N=O. The van der Waals surface area contributed by atoms with Crippen LogP contribution in [-0.4, -0.2) is 45.8 Å². The largest absolute Gasteiger partial charge is 0.354 e. The van der Waals surface area contributed by atoms with Crippen LogP contribution in [0.3, 0.4) is 0 Å². The highest BCUT2D eigenvalue weighted by molar-refractivity contribution is 5.87. The van der Waals surface area contributed by atoms with E-state index < -0.39 is 0 Å². The molecule has 0 aromatic carbocycles. The summed E-state index contributed by atoms with van der Waals surface area (Å²) in [6, 6.07) is 1.88. The maximum atomic E-state index is 10.8. The van der Waals surface area contributed by atoms with Crippen LogP contribution < -0.4 is 4.90 Å². The number of rotatable bonds is 4. The normalized spacial score (nSPS) is 21.8. The zero-order valence-electron chi connectivity index (χ0n) is 12.5. The Kier molecular flexibility index (Phi) is 3.70. The van der Waals surface area contributed by atoms with Crippen molar-refractivity contribution in [1.82, 2.24) is 19.7 Å². The molecule has 2 aromatic heterocycles. The second-order valence-corrected chi connectivity index (χ2v) is 5.62. The van der Waals surface area contributed by atoms with Gasteiger partial charge < -0.3 is 4.90 Å². The molecule has 9 nitrogen and oxygen atoms in total. The molecule has 0 spiro atoms. The van der Waals surface area contributed by atoms with E-state index in [1.807, 2.05) is 11.9 Å². The first-order valence-corrected chi connectivity index (χ1v) is 7.12. The predicted octanol–water partition coefficient (Wildman–Crippen LogP) is 1.79. The highest BCUT2D eigenvalue weighted by Crippen LogP contribution is 2.29. The summed E-state index contributed by atoms with van der Waals surface area (Å²) < 4.78 is 1.18. The Hall–Kier alpha value is -2.58. The van der Waals surface area contributed by atoms with Crippen LogP contribution >= 0.6 is 0 Å². The van der Waals surface area contributed by atoms with Gasteiger partial charge in [0.05, 0.1) is 28.5 Å². The first kappa shape index (κ1) is 14.4. The lowest BCUT2D eigenvalue weighted by atomic mass is 9.93. The second-order valence-electron chi connectivity index (χ2n) is 5.62. The molecule has 0 N–H and O–H groups in total. The van der Waals surface area contributed by atoms with Gasteiger partial charge in [-0.05, 0) is 18.4 Å². The maximum Gasteiger partial charge on any atom is 0.169 e. The van der Waals surface area contributed by atoms with E-state index in [0.29, 0.717) is 24.7 Å². The van der Waals surface area contributed by atoms with Gasteiger partial charge in [-0.25, -0.2) is 9.97 Å². The monoisotopic (exact) mass is 303 g/mol. The van der Waals surface area contributed by atoms with Crippen molar-refractivity contribution in [2.75, 3.05) is 25.0 Å². The standard InChI is InChI=1S/C13H17N7O2/c1-9-3-5-19(16-21)7-11(9)18(2)12-10-4-6-20(17-22)13(10)15-8-14-12/h4,6,8-9,11H,3,5,7H2,1-2H3/t9-,11+/m0/s1. The molecule has 0 bridgehead atoms. The molecule has 0 aliphatic carbocycles. The minimum Gasteiger partial charge on any atom is -0.354 e. The van der Waals surface area contributed by atoms with Gasteiger partial charge >= 0.3 is 0 Å². The van der Waals surface area contributed by atoms with E-state index in [2.05, 4.69) is 27.5 Å². The Bertz CT molecular complexity index is 701. The highest BCUT2D eigenvalue weighted by atomic mass is 16.3. The molecular formula is C13H17N7O2. The Balaban J connectivity index is 1.97. The van der Waals surface area contributed by atoms with Gasteiger partial charge in [-0.2, -0.15) is 4.68 Å². The lowest BCUT2D eigenvalue weighted by Gasteiger charge is -2.39. The van der Waals surface area contributed by atoms with Crippen molar-refractivity contribution >= 4 is 16.9 Å². The molecule has 1 saturated heterocycles. The van der Waals surface area contributed by atoms with Crippen molar-refractivity contribution < 1.29 is 0 Å². The number of aromatic nitrogens is 3. The van der Waals surface area contributed by atoms with Gasteiger partial charge in [0.15, 0.2) is 5.65 Å². The van der Waals surface area contributed by atoms with Gasteiger partial charge in [-0.15, -0.1) is 9.81 Å². The van der Waals surface area contributed by atoms with Crippen LogP contribution in [0, 0.1) is 15.7 Å². The summed E-state index contributed by atoms with van der Waals surface area (Å²) in [5, 5.41) is 8.25. The van der Waals surface area contributed by atoms with Crippen LogP contribution in [0.5, 0.6) is 0 Å². The summed E-state index contributed by atoms with van der Waals surface area (Å²) in [6.07, 6.45) is 3.87. The van der Waals surface area contributed by atoms with E-state index in [1.165, 1.54) is 16.0 Å². The van der Waals surface area contributed by atoms with E-state index in [0.717, 1.165) is 17.6 Å². The highest BCUT2D eigenvalue weighted by Gasteiger charge is 2.31. The van der Waals surface area contributed by atoms with E-state index in [9.17, 15) is 9.81 Å². The molecule has 1 aliphatic rings. The summed E-state index contributed by atoms with van der Waals surface area (Å²) in [5.41, 5.74) is 0.473. The van der Waals surface area contributed by atoms with Crippen LogP contribution in [0.25, 0.3) is 11.0 Å². The minimum absolute atomic E-state index is 0.108. The van der Waals surface area contributed by atoms with Gasteiger partial charge in [-0.1, -0.05) is 6.92 Å². The molecule has 0 unspecified atom stereocenters. The van der Waals surface area contributed by atoms with Crippen LogP contribution in [-0.2, 0) is 0 Å². The first-order valence-electron chi connectivity index (χ1n) is 7.12. The Morgan fingerprint density at radius 2 is 2.14 bits per heavy atom. The van der Waals surface area contributed by atoms with Gasteiger partial charge in [0.25, 0.3) is 0 Å². The van der Waals surface area contributed by atoms with Gasteiger partial charge in [0, 0.05) is 19.8 Å². The second kappa shape index (κ2) is 5.66. The fraction of sp³-hybridized carbons (Fsp3) is 0.538. The first-order chi connectivity index (χ1) is 10.7. The number of likely N-dealkylation sites (N-methyl/N-ethyl adjacent to an activating group) is 1. The molecule has 1 fully saturated rings. The predicted molar refractivity (Wildman–Crippen MR) is 82.1 cm³/mol. The average Bonchev–Trinajstić information content (AvgIpc) is 2.97. The quantitative estimate of drug-likeness (QED) is 0.799. The molecule has 0 amide bonds. The fourth-order valence-electron chi connectivity index (χ4n) is 3.04. The molecule has 2 aromatic rings. The number of piperidine rings is 1. The third-order valence-corrected chi connectivity index (χ3v) is 4.37. The Morgan fingerprint density at radius 3 is 2.86 bits per heavy atom. The van der Waals surface area contributed by atoms with Crippen molar-refractivity contribution in [2.24, 2.45) is 16.5 Å². The molecule has 0 saturated carbocycles. The van der Waals surface area contributed by atoms with Crippen molar-refractivity contribution in [3.05, 3.63) is 28.4 Å². The van der Waals surface area contributed by atoms with Crippen molar-refractivity contribution in [2.45, 2.75) is 19.4 Å². The molecule has 116 valence electrons. The molecule has 0 radical (unpaired) electrons. The summed E-state index contributed by atoms with van der Waals surface area (Å²) in [4.78, 5) is 32.1. The summed E-state index contributed by atoms with van der Waals surface area (Å²) in [6.45, 7) is 3.39. The maximum absolute atomic E-state index is 10.8. The van der Waals surface area contributed by atoms with Gasteiger partial charge in [0.1, 0.15) is 12.1 Å².